The smallest absolute Gasteiger partial charge is 0.226 e. The van der Waals surface area contributed by atoms with Crippen LogP contribution in [0.4, 0.5) is 10.3 Å². The molecule has 0 spiro atoms. The van der Waals surface area contributed by atoms with Crippen LogP contribution in [-0.2, 0) is 0 Å². The van der Waals surface area contributed by atoms with Crippen molar-refractivity contribution in [3.63, 3.8) is 0 Å². The molecule has 0 amide bonds. The minimum atomic E-state index is -0.264. The number of fused-ring (bicyclic) bond motifs is 1. The molecule has 1 N–H and O–H groups in total. The molecule has 2 aromatic carbocycles. The molecule has 3 aromatic rings. The summed E-state index contributed by atoms with van der Waals surface area (Å²) in [7, 11) is 1.65. The Hall–Kier alpha value is -3.15. The zero-order chi connectivity index (χ0) is 16.5. The number of hydrogen-bond donors (Lipinski definition) is 1. The highest BCUT2D eigenvalue weighted by atomic mass is 19.1. The predicted molar refractivity (Wildman–Crippen MR) is 89.2 cm³/mol. The second-order valence-electron chi connectivity index (χ2n) is 5.43. The molecular formula is C18H15FN4O. The number of rotatable bonds is 3. The number of halogens is 1. The number of ether oxygens (including phenoxy) is 1. The Bertz CT molecular complexity index is 901. The van der Waals surface area contributed by atoms with E-state index in [1.165, 1.54) is 18.5 Å². The van der Waals surface area contributed by atoms with E-state index < -0.39 is 0 Å². The maximum Gasteiger partial charge on any atom is 0.226 e. The summed E-state index contributed by atoms with van der Waals surface area (Å²) in [5, 5.41) is 7.55. The van der Waals surface area contributed by atoms with E-state index in [1.807, 2.05) is 30.3 Å². The molecule has 6 heteroatoms. The maximum absolute atomic E-state index is 13.2. The number of hydrogen-bond acceptors (Lipinski definition) is 4. The Morgan fingerprint density at radius 1 is 1.12 bits per heavy atom. The Morgan fingerprint density at radius 2 is 1.92 bits per heavy atom. The molecule has 0 radical (unpaired) electrons. The van der Waals surface area contributed by atoms with Crippen molar-refractivity contribution in [2.45, 2.75) is 6.04 Å². The molecule has 2 heterocycles. The summed E-state index contributed by atoms with van der Waals surface area (Å²) in [6.45, 7) is 0. The molecule has 4 rings (SSSR count). The Balaban J connectivity index is 1.83. The van der Waals surface area contributed by atoms with E-state index in [0.717, 1.165) is 22.6 Å². The third kappa shape index (κ3) is 2.42. The number of anilines is 1. The van der Waals surface area contributed by atoms with Gasteiger partial charge in [0.15, 0.2) is 0 Å². The quantitative estimate of drug-likeness (QED) is 0.802. The van der Waals surface area contributed by atoms with Gasteiger partial charge in [-0.1, -0.05) is 18.2 Å². The molecule has 1 atom stereocenters. The monoisotopic (exact) mass is 322 g/mol. The number of para-hydroxylation sites is 1. The summed E-state index contributed by atoms with van der Waals surface area (Å²) < 4.78 is 20.5. The van der Waals surface area contributed by atoms with E-state index in [2.05, 4.69) is 15.4 Å². The lowest BCUT2D eigenvalue weighted by molar-refractivity contribution is 0.404. The molecule has 0 bridgehead atoms. The van der Waals surface area contributed by atoms with E-state index in [9.17, 15) is 4.39 Å². The van der Waals surface area contributed by atoms with Crippen molar-refractivity contribution >= 4 is 11.6 Å². The van der Waals surface area contributed by atoms with E-state index >= 15 is 0 Å². The van der Waals surface area contributed by atoms with Gasteiger partial charge in [0.25, 0.3) is 0 Å². The summed E-state index contributed by atoms with van der Waals surface area (Å²) in [4.78, 5) is 4.27. The Labute approximate surface area is 138 Å². The van der Waals surface area contributed by atoms with Crippen LogP contribution in [0.25, 0.3) is 5.70 Å². The first-order valence-corrected chi connectivity index (χ1v) is 7.53. The first-order chi connectivity index (χ1) is 11.8. The van der Waals surface area contributed by atoms with Crippen LogP contribution in [0.3, 0.4) is 0 Å². The Kier molecular flexibility index (Phi) is 3.49. The molecule has 0 fully saturated rings. The van der Waals surface area contributed by atoms with Crippen LogP contribution in [0.15, 0.2) is 60.9 Å². The van der Waals surface area contributed by atoms with Crippen molar-refractivity contribution in [1.82, 2.24) is 14.8 Å². The lowest BCUT2D eigenvalue weighted by atomic mass is 10.0. The van der Waals surface area contributed by atoms with Gasteiger partial charge in [-0.25, -0.2) is 9.07 Å². The summed E-state index contributed by atoms with van der Waals surface area (Å²) in [6, 6.07) is 14.0. The van der Waals surface area contributed by atoms with E-state index in [0.29, 0.717) is 5.95 Å². The molecule has 1 aliphatic heterocycles. The number of nitrogens with zero attached hydrogens (tertiary/aromatic N) is 3. The predicted octanol–water partition coefficient (Wildman–Crippen LogP) is 3.48. The minimum absolute atomic E-state index is 0.167. The minimum Gasteiger partial charge on any atom is -0.496 e. The van der Waals surface area contributed by atoms with E-state index in [1.54, 1.807) is 23.9 Å². The molecule has 1 aromatic heterocycles. The second-order valence-corrected chi connectivity index (χ2v) is 5.43. The third-order valence-electron chi connectivity index (χ3n) is 4.02. The van der Waals surface area contributed by atoms with Gasteiger partial charge in [0.2, 0.25) is 5.95 Å². The molecule has 0 saturated heterocycles. The zero-order valence-electron chi connectivity index (χ0n) is 13.0. The lowest BCUT2D eigenvalue weighted by Crippen LogP contribution is -2.20. The summed E-state index contributed by atoms with van der Waals surface area (Å²) in [6.07, 6.45) is 3.54. The summed E-state index contributed by atoms with van der Waals surface area (Å²) in [5.41, 5.74) is 2.71. The van der Waals surface area contributed by atoms with Gasteiger partial charge in [0, 0.05) is 11.3 Å². The van der Waals surface area contributed by atoms with Crippen LogP contribution in [0, 0.1) is 5.82 Å². The molecular weight excluding hydrogens is 307 g/mol. The average molecular weight is 322 g/mol. The second kappa shape index (κ2) is 5.81. The first-order valence-electron chi connectivity index (χ1n) is 7.53. The van der Waals surface area contributed by atoms with Crippen LogP contribution in [-0.4, -0.2) is 21.9 Å². The van der Waals surface area contributed by atoms with Crippen molar-refractivity contribution < 1.29 is 9.13 Å². The fraction of sp³-hybridized carbons (Fsp3) is 0.111. The topological polar surface area (TPSA) is 52.0 Å². The van der Waals surface area contributed by atoms with Crippen LogP contribution in [0.5, 0.6) is 5.75 Å². The summed E-state index contributed by atoms with van der Waals surface area (Å²) >= 11 is 0. The van der Waals surface area contributed by atoms with Gasteiger partial charge >= 0.3 is 0 Å². The maximum atomic E-state index is 13.2. The van der Waals surface area contributed by atoms with Crippen LogP contribution in [0.1, 0.15) is 17.2 Å². The molecule has 5 nitrogen and oxygen atoms in total. The first kappa shape index (κ1) is 14.4. The molecule has 120 valence electrons. The number of benzene rings is 2. The van der Waals surface area contributed by atoms with E-state index in [4.69, 9.17) is 4.74 Å². The van der Waals surface area contributed by atoms with Gasteiger partial charge in [0.05, 0.1) is 7.11 Å². The SMILES string of the molecule is COc1ccccc1C1C=C(c2ccc(F)cc2)Nc2ncnn21. The van der Waals surface area contributed by atoms with Crippen molar-refractivity contribution in [3.8, 4) is 5.75 Å². The van der Waals surface area contributed by atoms with Gasteiger partial charge < -0.3 is 10.1 Å². The van der Waals surface area contributed by atoms with Crippen LogP contribution < -0.4 is 10.1 Å². The van der Waals surface area contributed by atoms with E-state index in [-0.39, 0.29) is 11.9 Å². The molecule has 0 aliphatic carbocycles. The van der Waals surface area contributed by atoms with Gasteiger partial charge in [-0.15, -0.1) is 0 Å². The fourth-order valence-electron chi connectivity index (χ4n) is 2.86. The number of aromatic nitrogens is 3. The number of methoxy groups -OCH3 is 1. The van der Waals surface area contributed by atoms with Crippen molar-refractivity contribution in [1.29, 1.82) is 0 Å². The van der Waals surface area contributed by atoms with Gasteiger partial charge in [-0.3, -0.25) is 0 Å². The summed E-state index contributed by atoms with van der Waals surface area (Å²) in [5.74, 6) is 1.15. The van der Waals surface area contributed by atoms with Crippen LogP contribution >= 0.6 is 0 Å². The van der Waals surface area contributed by atoms with Crippen LogP contribution in [0.2, 0.25) is 0 Å². The van der Waals surface area contributed by atoms with Gasteiger partial charge in [-0.05, 0) is 42.0 Å². The number of nitrogens with one attached hydrogen (secondary N) is 1. The number of allylic oxidation sites excluding steroid dienone is 1. The van der Waals surface area contributed by atoms with Gasteiger partial charge in [-0.2, -0.15) is 10.1 Å². The highest BCUT2D eigenvalue weighted by Gasteiger charge is 2.25. The standard InChI is InChI=1S/C18H15FN4O/c1-24-17-5-3-2-4-14(17)16-10-15(12-6-8-13(19)9-7-12)22-18-20-11-21-23(16)18/h2-11,16H,1H3,(H,20,21,22). The lowest BCUT2D eigenvalue weighted by Gasteiger charge is -2.25. The molecule has 24 heavy (non-hydrogen) atoms. The molecule has 1 unspecified atom stereocenters. The normalized spacial score (nSPS) is 16.1. The highest BCUT2D eigenvalue weighted by Crippen LogP contribution is 2.35. The van der Waals surface area contributed by atoms with Crippen molar-refractivity contribution in [2.75, 3.05) is 12.4 Å². The fourth-order valence-corrected chi connectivity index (χ4v) is 2.86. The van der Waals surface area contributed by atoms with Gasteiger partial charge in [0.1, 0.15) is 23.9 Å². The largest absolute Gasteiger partial charge is 0.496 e. The Morgan fingerprint density at radius 3 is 2.71 bits per heavy atom. The third-order valence-corrected chi connectivity index (χ3v) is 4.02. The molecule has 0 saturated carbocycles. The van der Waals surface area contributed by atoms with Crippen molar-refractivity contribution in [3.05, 3.63) is 77.9 Å². The van der Waals surface area contributed by atoms with Crippen molar-refractivity contribution in [2.24, 2.45) is 0 Å². The zero-order valence-corrected chi connectivity index (χ0v) is 13.0. The molecule has 1 aliphatic rings. The average Bonchev–Trinajstić information content (AvgIpc) is 3.10. The highest BCUT2D eigenvalue weighted by molar-refractivity contribution is 5.77.